The molecule has 1 amide bonds. The molecular formula is C28H40ClNO. The van der Waals surface area contributed by atoms with E-state index in [1.807, 2.05) is 48.5 Å². The topological polar surface area (TPSA) is 29.1 Å². The van der Waals surface area contributed by atoms with Crippen LogP contribution in [0.3, 0.4) is 0 Å². The second kappa shape index (κ2) is 15.9. The third kappa shape index (κ3) is 11.4. The van der Waals surface area contributed by atoms with Gasteiger partial charge in [0.25, 0.3) is 0 Å². The molecule has 2 rings (SSSR count). The zero-order valence-corrected chi connectivity index (χ0v) is 20.1. The van der Waals surface area contributed by atoms with Crippen molar-refractivity contribution in [2.75, 3.05) is 5.32 Å². The van der Waals surface area contributed by atoms with Crippen LogP contribution in [0.15, 0.2) is 48.5 Å². The fourth-order valence-corrected chi connectivity index (χ4v) is 4.16. The Balaban J connectivity index is 1.52. The van der Waals surface area contributed by atoms with Crippen LogP contribution in [0, 0.1) is 0 Å². The van der Waals surface area contributed by atoms with Gasteiger partial charge < -0.3 is 5.32 Å². The summed E-state index contributed by atoms with van der Waals surface area (Å²) < 4.78 is 0. The van der Waals surface area contributed by atoms with Crippen LogP contribution < -0.4 is 5.32 Å². The number of amides is 1. The Bertz CT molecular complexity index is 758. The summed E-state index contributed by atoms with van der Waals surface area (Å²) in [4.78, 5) is 12.3. The second-order valence-electron chi connectivity index (χ2n) is 8.63. The van der Waals surface area contributed by atoms with Gasteiger partial charge in [0, 0.05) is 17.1 Å². The molecule has 0 aliphatic carbocycles. The summed E-state index contributed by atoms with van der Waals surface area (Å²) >= 11 is 6.10. The molecule has 31 heavy (non-hydrogen) atoms. The van der Waals surface area contributed by atoms with Gasteiger partial charge in [0.15, 0.2) is 0 Å². The molecule has 3 heteroatoms. The summed E-state index contributed by atoms with van der Waals surface area (Å²) in [6.45, 7) is 2.27. The molecule has 0 saturated heterocycles. The Morgan fingerprint density at radius 3 is 1.81 bits per heavy atom. The van der Waals surface area contributed by atoms with E-state index < -0.39 is 0 Å². The quantitative estimate of drug-likeness (QED) is 0.258. The lowest BCUT2D eigenvalue weighted by Gasteiger charge is -2.08. The Morgan fingerprint density at radius 2 is 1.23 bits per heavy atom. The van der Waals surface area contributed by atoms with Crippen molar-refractivity contribution in [3.63, 3.8) is 0 Å². The first-order valence-electron chi connectivity index (χ1n) is 12.3. The number of carbonyl (C=O) groups excluding carboxylic acids is 1. The standard InChI is InChI=1S/C28H40ClNO/c1-2-3-4-5-6-7-8-9-10-11-12-13-14-21-28(31)30-27-20-16-18-25(23-27)24-17-15-19-26(29)22-24/h15-20,22-23H,2-14,21H2,1H3,(H,30,31). The fourth-order valence-electron chi connectivity index (χ4n) is 3.97. The summed E-state index contributed by atoms with van der Waals surface area (Å²) in [6.07, 6.45) is 17.7. The van der Waals surface area contributed by atoms with E-state index in [0.717, 1.165) is 29.7 Å². The third-order valence-electron chi connectivity index (χ3n) is 5.81. The summed E-state index contributed by atoms with van der Waals surface area (Å²) in [5.74, 6) is 0.103. The van der Waals surface area contributed by atoms with E-state index >= 15 is 0 Å². The molecule has 0 aliphatic rings. The molecule has 0 saturated carbocycles. The molecule has 0 radical (unpaired) electrons. The fraction of sp³-hybridized carbons (Fsp3) is 0.536. The molecule has 0 heterocycles. The van der Waals surface area contributed by atoms with Crippen molar-refractivity contribution < 1.29 is 4.79 Å². The van der Waals surface area contributed by atoms with Crippen LogP contribution in [-0.2, 0) is 4.79 Å². The van der Waals surface area contributed by atoms with Crippen molar-refractivity contribution in [3.05, 3.63) is 53.6 Å². The molecule has 170 valence electrons. The van der Waals surface area contributed by atoms with E-state index in [1.54, 1.807) is 0 Å². The SMILES string of the molecule is CCCCCCCCCCCCCCCC(=O)Nc1cccc(-c2cccc(Cl)c2)c1. The third-order valence-corrected chi connectivity index (χ3v) is 6.05. The first-order chi connectivity index (χ1) is 15.2. The van der Waals surface area contributed by atoms with Gasteiger partial charge in [-0.3, -0.25) is 4.79 Å². The average Bonchev–Trinajstić information content (AvgIpc) is 2.77. The highest BCUT2D eigenvalue weighted by atomic mass is 35.5. The predicted octanol–water partition coefficient (Wildman–Crippen LogP) is 9.43. The van der Waals surface area contributed by atoms with Gasteiger partial charge in [-0.2, -0.15) is 0 Å². The van der Waals surface area contributed by atoms with Gasteiger partial charge in [-0.25, -0.2) is 0 Å². The summed E-state index contributed by atoms with van der Waals surface area (Å²) in [5.41, 5.74) is 2.96. The lowest BCUT2D eigenvalue weighted by molar-refractivity contribution is -0.116. The van der Waals surface area contributed by atoms with Crippen molar-refractivity contribution >= 4 is 23.2 Å². The van der Waals surface area contributed by atoms with Gasteiger partial charge in [0.1, 0.15) is 0 Å². The van der Waals surface area contributed by atoms with Gasteiger partial charge in [-0.05, 0) is 41.8 Å². The number of hydrogen-bond donors (Lipinski definition) is 1. The molecule has 0 spiro atoms. The summed E-state index contributed by atoms with van der Waals surface area (Å²) in [7, 11) is 0. The molecule has 2 nitrogen and oxygen atoms in total. The molecule has 0 unspecified atom stereocenters. The Labute approximate surface area is 194 Å². The van der Waals surface area contributed by atoms with E-state index in [-0.39, 0.29) is 5.91 Å². The maximum Gasteiger partial charge on any atom is 0.224 e. The minimum absolute atomic E-state index is 0.103. The van der Waals surface area contributed by atoms with Crippen LogP contribution in [0.4, 0.5) is 5.69 Å². The number of carbonyl (C=O) groups is 1. The van der Waals surface area contributed by atoms with Crippen LogP contribution in [0.25, 0.3) is 11.1 Å². The van der Waals surface area contributed by atoms with E-state index in [1.165, 1.54) is 70.6 Å². The lowest BCUT2D eigenvalue weighted by atomic mass is 10.0. The van der Waals surface area contributed by atoms with Crippen molar-refractivity contribution in [1.82, 2.24) is 0 Å². The number of halogens is 1. The summed E-state index contributed by atoms with van der Waals surface area (Å²) in [6, 6.07) is 15.7. The van der Waals surface area contributed by atoms with E-state index in [4.69, 9.17) is 11.6 Å². The van der Waals surface area contributed by atoms with Gasteiger partial charge in [-0.1, -0.05) is 120 Å². The smallest absolute Gasteiger partial charge is 0.224 e. The molecule has 2 aromatic carbocycles. The van der Waals surface area contributed by atoms with Gasteiger partial charge in [-0.15, -0.1) is 0 Å². The van der Waals surface area contributed by atoms with E-state index in [0.29, 0.717) is 11.4 Å². The molecule has 1 N–H and O–H groups in total. The first kappa shape index (κ1) is 25.5. The molecule has 0 aliphatic heterocycles. The minimum Gasteiger partial charge on any atom is -0.326 e. The second-order valence-corrected chi connectivity index (χ2v) is 9.07. The van der Waals surface area contributed by atoms with E-state index in [9.17, 15) is 4.79 Å². The van der Waals surface area contributed by atoms with Gasteiger partial charge in [0.05, 0.1) is 0 Å². The minimum atomic E-state index is 0.103. The van der Waals surface area contributed by atoms with Crippen molar-refractivity contribution in [1.29, 1.82) is 0 Å². The van der Waals surface area contributed by atoms with Crippen molar-refractivity contribution in [2.24, 2.45) is 0 Å². The highest BCUT2D eigenvalue weighted by Gasteiger charge is 2.05. The Hall–Kier alpha value is -1.80. The molecule has 0 atom stereocenters. The van der Waals surface area contributed by atoms with Crippen molar-refractivity contribution in [3.8, 4) is 11.1 Å². The highest BCUT2D eigenvalue weighted by molar-refractivity contribution is 6.30. The number of benzene rings is 2. The number of hydrogen-bond acceptors (Lipinski definition) is 1. The number of rotatable bonds is 16. The number of anilines is 1. The molecule has 2 aromatic rings. The maximum atomic E-state index is 12.3. The van der Waals surface area contributed by atoms with Crippen molar-refractivity contribution in [2.45, 2.75) is 96.8 Å². The van der Waals surface area contributed by atoms with Gasteiger partial charge in [0.2, 0.25) is 5.91 Å². The average molecular weight is 442 g/mol. The molecular weight excluding hydrogens is 402 g/mol. The van der Waals surface area contributed by atoms with Gasteiger partial charge >= 0.3 is 0 Å². The van der Waals surface area contributed by atoms with Crippen LogP contribution in [0.2, 0.25) is 5.02 Å². The Kier molecular flexibility index (Phi) is 13.1. The number of nitrogens with one attached hydrogen (secondary N) is 1. The zero-order valence-electron chi connectivity index (χ0n) is 19.3. The maximum absolute atomic E-state index is 12.3. The monoisotopic (exact) mass is 441 g/mol. The van der Waals surface area contributed by atoms with E-state index in [2.05, 4.69) is 12.2 Å². The summed E-state index contributed by atoms with van der Waals surface area (Å²) in [5, 5.41) is 3.76. The van der Waals surface area contributed by atoms with Crippen LogP contribution in [0.1, 0.15) is 96.8 Å². The zero-order chi connectivity index (χ0) is 22.2. The molecule has 0 fully saturated rings. The van der Waals surface area contributed by atoms with Crippen LogP contribution in [-0.4, -0.2) is 5.91 Å². The van der Waals surface area contributed by atoms with Crippen LogP contribution in [0.5, 0.6) is 0 Å². The molecule has 0 aromatic heterocycles. The normalized spacial score (nSPS) is 10.9. The lowest BCUT2D eigenvalue weighted by Crippen LogP contribution is -2.11. The first-order valence-corrected chi connectivity index (χ1v) is 12.7. The number of unbranched alkanes of at least 4 members (excludes halogenated alkanes) is 12. The highest BCUT2D eigenvalue weighted by Crippen LogP contribution is 2.25. The predicted molar refractivity (Wildman–Crippen MR) is 136 cm³/mol. The van der Waals surface area contributed by atoms with Crippen LogP contribution >= 0.6 is 11.6 Å². The Morgan fingerprint density at radius 1 is 0.710 bits per heavy atom. The largest absolute Gasteiger partial charge is 0.326 e. The molecule has 0 bridgehead atoms.